The number of allylic oxidation sites excluding steroid dienone is 1. The van der Waals surface area contributed by atoms with Crippen molar-refractivity contribution in [2.45, 2.75) is 122 Å². The lowest BCUT2D eigenvalue weighted by molar-refractivity contribution is -0.133. The zero-order valence-electron chi connectivity index (χ0n) is 61.4. The first-order chi connectivity index (χ1) is 55.9. The summed E-state index contributed by atoms with van der Waals surface area (Å²) in [6, 6.07) is 29.1. The lowest BCUT2D eigenvalue weighted by Gasteiger charge is -2.51. The van der Waals surface area contributed by atoms with Gasteiger partial charge in [0.05, 0.1) is 74.7 Å². The van der Waals surface area contributed by atoms with Gasteiger partial charge >= 0.3 is 0 Å². The van der Waals surface area contributed by atoms with Crippen LogP contribution in [0.5, 0.6) is 23.0 Å². The molecule has 0 aromatic heterocycles. The Balaban J connectivity index is 0.000000123. The molecule has 0 unspecified atom stereocenters. The van der Waals surface area contributed by atoms with E-state index in [0.29, 0.717) is 37.8 Å². The molecule has 8 aromatic carbocycles. The summed E-state index contributed by atoms with van der Waals surface area (Å²) >= 11 is 23.6. The Hall–Kier alpha value is -9.15. The lowest BCUT2D eigenvalue weighted by Crippen LogP contribution is -2.57. The van der Waals surface area contributed by atoms with Gasteiger partial charge in [0.25, 0.3) is 0 Å². The van der Waals surface area contributed by atoms with Gasteiger partial charge in [-0.1, -0.05) is 46.4 Å². The largest absolute Gasteiger partial charge is 0.490 e. The van der Waals surface area contributed by atoms with Crippen LogP contribution < -0.4 is 35.3 Å². The number of rotatable bonds is 10. The molecule has 36 heteroatoms. The van der Waals surface area contributed by atoms with Gasteiger partial charge in [-0.25, -0.2) is 68.8 Å². The number of carbonyl (C=O) groups excluding carboxylic acids is 5. The van der Waals surface area contributed by atoms with E-state index in [0.717, 1.165) is 48.5 Å². The Kier molecular flexibility index (Phi) is 22.1. The maximum atomic E-state index is 15.2. The monoisotopic (exact) mass is 1790 g/mol. The van der Waals surface area contributed by atoms with Crippen molar-refractivity contribution in [3.05, 3.63) is 246 Å². The van der Waals surface area contributed by atoms with Gasteiger partial charge in [0.1, 0.15) is 53.8 Å². The van der Waals surface area contributed by atoms with Crippen LogP contribution in [0, 0.1) is 82.0 Å². The Bertz CT molecular complexity index is 6060. The molecule has 1 saturated heterocycles. The summed E-state index contributed by atoms with van der Waals surface area (Å²) in [7, 11) is -17.0. The lowest BCUT2D eigenvalue weighted by atomic mass is 9.65. The Morgan fingerprint density at radius 3 is 1.24 bits per heavy atom. The number of carbonyl (C=O) groups is 5. The molecule has 18 rings (SSSR count). The maximum absolute atomic E-state index is 15.2. The molecular formula is C82H67Cl4F8N3O17S4. The van der Waals surface area contributed by atoms with E-state index in [1.165, 1.54) is 97.1 Å². The number of hydrogen-bond donors (Lipinski definition) is 3. The molecule has 10 aliphatic rings. The molecule has 4 aliphatic carbocycles. The molecule has 3 saturated carbocycles. The van der Waals surface area contributed by atoms with Crippen LogP contribution in [0.2, 0.25) is 20.1 Å². The highest BCUT2D eigenvalue weighted by Crippen LogP contribution is 2.64. The molecule has 4 N–H and O–H groups in total. The number of nitrogens with one attached hydrogen (secondary N) is 2. The van der Waals surface area contributed by atoms with Crippen molar-refractivity contribution < 1.29 is 112 Å². The first kappa shape index (κ1) is 83.9. The highest BCUT2D eigenvalue weighted by atomic mass is 35.5. The summed E-state index contributed by atoms with van der Waals surface area (Å²) in [6.45, 7) is -0.847. The van der Waals surface area contributed by atoms with E-state index in [9.17, 15) is 79.6 Å². The summed E-state index contributed by atoms with van der Waals surface area (Å²) < 4.78 is 245. The molecule has 6 aliphatic heterocycles. The van der Waals surface area contributed by atoms with Crippen molar-refractivity contribution in [3.63, 3.8) is 0 Å². The predicted molar refractivity (Wildman–Crippen MR) is 411 cm³/mol. The van der Waals surface area contributed by atoms with Gasteiger partial charge in [-0.2, -0.15) is 0 Å². The van der Waals surface area contributed by atoms with E-state index < -0.39 is 164 Å². The van der Waals surface area contributed by atoms with Crippen molar-refractivity contribution in [1.82, 2.24) is 10.6 Å². The molecule has 0 spiro atoms. The Morgan fingerprint density at radius 2 is 0.788 bits per heavy atom. The van der Waals surface area contributed by atoms with E-state index in [2.05, 4.69) is 10.6 Å². The molecule has 620 valence electrons. The smallest absolute Gasteiger partial charge is 0.228 e. The number of halogens is 12. The highest BCUT2D eigenvalue weighted by Gasteiger charge is 2.67. The summed E-state index contributed by atoms with van der Waals surface area (Å²) in [6.07, 6.45) is -0.440. The van der Waals surface area contributed by atoms with Crippen LogP contribution in [0.25, 0.3) is 0 Å². The molecule has 11 atom stereocenters. The van der Waals surface area contributed by atoms with Crippen LogP contribution in [-0.4, -0.2) is 95.4 Å². The van der Waals surface area contributed by atoms with Gasteiger partial charge in [-0.3, -0.25) is 24.0 Å². The summed E-state index contributed by atoms with van der Waals surface area (Å²) in [5.41, 5.74) is 5.18. The van der Waals surface area contributed by atoms with Crippen LogP contribution in [0.1, 0.15) is 99.3 Å². The van der Waals surface area contributed by atoms with E-state index in [1.54, 1.807) is 0 Å². The van der Waals surface area contributed by atoms with Crippen LogP contribution in [0.4, 0.5) is 35.1 Å². The van der Waals surface area contributed by atoms with Crippen molar-refractivity contribution in [3.8, 4) is 23.0 Å². The summed E-state index contributed by atoms with van der Waals surface area (Å²) in [4.78, 5) is 60.1. The number of amides is 3. The SMILES string of the molecule is NC(=O)C[C@@H]1C(=O)CC[C@@]2(S(=O)(=O)c3ccc(Cl)cc3)c3c(F)ccc(F)c3OC[C@@H]12.O=C1CC2=C(CC[C@@]3(S(=O)(=O)c4ccc(Cl)cc4)c4c(F)ccc(F)c4OC[C@@H]23)N1.O=C1CC[C@@]2(S(=O)(=O)c3ccc(Cl)cc3)c3c(F)ccc(F)c3OC[C@H]2C1.O=C1C[C@@H]2[C@@H](CC[C@@]3(S(=O)(=O)c4ccc(Cl)cc4)c4c(F)ccc(F)c4OC[C@@H]23)N1. The molecule has 118 heavy (non-hydrogen) atoms. The van der Waals surface area contributed by atoms with Gasteiger partial charge in [-0.05, 0) is 196 Å². The summed E-state index contributed by atoms with van der Waals surface area (Å²) in [5, 5.41) is 7.00. The number of sulfone groups is 4. The molecule has 3 amide bonds. The number of benzene rings is 8. The minimum atomic E-state index is -4.39. The van der Waals surface area contributed by atoms with Crippen LogP contribution in [-0.2, 0) is 82.3 Å². The zero-order valence-corrected chi connectivity index (χ0v) is 67.7. The van der Waals surface area contributed by atoms with Gasteiger partial charge in [-0.15, -0.1) is 0 Å². The van der Waals surface area contributed by atoms with E-state index >= 15 is 13.2 Å². The first-order valence-electron chi connectivity index (χ1n) is 37.0. The third kappa shape index (κ3) is 13.4. The average molecular weight is 1790 g/mol. The standard InChI is InChI=1S/C21H18ClF2NO5S.C21H18ClF2NO4S.C21H16ClF2NO4S.C19H15ClF2O4S/c22-11-1-3-12(4-2-11)31(28,29)21-8-7-17(26)13(9-18(25)27)14(21)10-30-20-16(24)6-5-15(23)19(20)21;2*22-11-1-3-12(4-2-11)30(27,28)21-8-7-17-13(9-18(26)25-17)14(21)10-29-20-16(24)6-5-15(23)19(20)21;20-12-1-3-14(4-2-12)27(24,25)19-8-7-13(23)9-11(19)10-26-18-16(22)6-5-15(21)17(18)19/h1-6,13-14H,7-10H2,(H2,25,27);1-6,13-14,17H,7-10H2,(H,25,26);1-6,14H,7-10H2,(H,25,26);1-6,11H,7-10H2/t13-,14-,21-;13-,14-,17+,21-;14-,21-;11-,19+/m0001/s1. The first-order valence-corrected chi connectivity index (χ1v) is 44.4. The Labute approximate surface area is 690 Å². The van der Waals surface area contributed by atoms with E-state index in [4.69, 9.17) is 71.1 Å². The van der Waals surface area contributed by atoms with Gasteiger partial charge in [0, 0.05) is 93.5 Å². The molecule has 8 aromatic rings. The number of ketones is 2. The van der Waals surface area contributed by atoms with Crippen molar-refractivity contribution in [2.24, 2.45) is 41.2 Å². The second-order valence-corrected chi connectivity index (χ2v) is 40.9. The Morgan fingerprint density at radius 1 is 0.424 bits per heavy atom. The van der Waals surface area contributed by atoms with E-state index in [-0.39, 0.29) is 174 Å². The molecular weight excluding hydrogens is 1720 g/mol. The number of fused-ring (bicyclic) bond motifs is 15. The van der Waals surface area contributed by atoms with Crippen LogP contribution in [0.15, 0.2) is 176 Å². The number of hydrogen-bond acceptors (Lipinski definition) is 17. The minimum absolute atomic E-state index is 0.00746. The fraction of sp³-hybridized carbons (Fsp3) is 0.329. The third-order valence-electron chi connectivity index (χ3n) is 24.5. The maximum Gasteiger partial charge on any atom is 0.228 e. The number of ether oxygens (including phenoxy) is 4. The van der Waals surface area contributed by atoms with Gasteiger partial charge in [0.15, 0.2) is 85.6 Å². The number of primary amides is 1. The summed E-state index contributed by atoms with van der Waals surface area (Å²) in [5.74, 6) is -15.2. The average Bonchev–Trinajstić information content (AvgIpc) is 1.01. The fourth-order valence-corrected chi connectivity index (χ4v) is 29.3. The van der Waals surface area contributed by atoms with Crippen LogP contribution >= 0.6 is 46.4 Å². The predicted octanol–water partition coefficient (Wildman–Crippen LogP) is 14.7. The number of nitrogens with two attached hydrogens (primary N) is 1. The second-order valence-electron chi connectivity index (χ2n) is 30.3. The normalized spacial score (nSPS) is 26.3. The molecule has 0 bridgehead atoms. The number of Topliss-reactive ketones (excluding diaryl/α,β-unsaturated/α-hetero) is 2. The van der Waals surface area contributed by atoms with Gasteiger partial charge in [0.2, 0.25) is 17.7 Å². The van der Waals surface area contributed by atoms with Crippen molar-refractivity contribution in [2.75, 3.05) is 26.4 Å². The molecule has 0 radical (unpaired) electrons. The third-order valence-corrected chi connectivity index (χ3v) is 35.8. The van der Waals surface area contributed by atoms with E-state index in [1.807, 2.05) is 0 Å². The highest BCUT2D eigenvalue weighted by molar-refractivity contribution is 7.93. The van der Waals surface area contributed by atoms with Crippen molar-refractivity contribution >= 4 is 115 Å². The zero-order chi connectivity index (χ0) is 84.5. The van der Waals surface area contributed by atoms with Crippen LogP contribution in [0.3, 0.4) is 0 Å². The molecule has 6 heterocycles. The fourth-order valence-electron chi connectivity index (χ4n) is 19.3. The van der Waals surface area contributed by atoms with Crippen molar-refractivity contribution in [1.29, 1.82) is 0 Å². The second kappa shape index (κ2) is 31.1. The minimum Gasteiger partial charge on any atom is -0.490 e. The molecule has 20 nitrogen and oxygen atoms in total. The van der Waals surface area contributed by atoms with Gasteiger partial charge < -0.3 is 35.3 Å². The topological polar surface area (TPSA) is 309 Å². The molecule has 4 fully saturated rings. The quantitative estimate of drug-likeness (QED) is 0.107.